The smallest absolute Gasteiger partial charge is 0.227 e. The Hall–Kier alpha value is -2.11. The molecule has 2 rings (SSSR count). The number of rotatable bonds is 4. The standard InChI is InChI=1S/C13H18N4O2/c1-9-12(10(2)19-15-9)5-13(18)16(3)7-11-6-14-17(4)8-11/h6,8H,5,7H2,1-4H3. The number of aryl methyl sites for hydroxylation is 3. The number of hydrogen-bond donors (Lipinski definition) is 0. The van der Waals surface area contributed by atoms with Crippen molar-refractivity contribution in [2.45, 2.75) is 26.8 Å². The fourth-order valence-corrected chi connectivity index (χ4v) is 1.96. The van der Waals surface area contributed by atoms with Crippen molar-refractivity contribution in [3.8, 4) is 0 Å². The fraction of sp³-hybridized carbons (Fsp3) is 0.462. The molecule has 0 aliphatic rings. The first-order chi connectivity index (χ1) is 8.97. The van der Waals surface area contributed by atoms with Crippen LogP contribution in [0, 0.1) is 13.8 Å². The molecule has 6 heteroatoms. The lowest BCUT2D eigenvalue weighted by atomic mass is 10.1. The predicted molar refractivity (Wildman–Crippen MR) is 69.4 cm³/mol. The van der Waals surface area contributed by atoms with Crippen molar-refractivity contribution in [1.82, 2.24) is 19.8 Å². The van der Waals surface area contributed by atoms with Crippen molar-refractivity contribution in [2.24, 2.45) is 7.05 Å². The van der Waals surface area contributed by atoms with Crippen molar-refractivity contribution in [2.75, 3.05) is 7.05 Å². The molecule has 0 unspecified atom stereocenters. The minimum atomic E-state index is 0.0400. The van der Waals surface area contributed by atoms with Crippen LogP contribution in [-0.2, 0) is 24.8 Å². The Morgan fingerprint density at radius 1 is 1.47 bits per heavy atom. The number of likely N-dealkylation sites (N-methyl/N-ethyl adjacent to an activating group) is 1. The summed E-state index contributed by atoms with van der Waals surface area (Å²) in [6, 6.07) is 0. The topological polar surface area (TPSA) is 64.2 Å². The van der Waals surface area contributed by atoms with E-state index in [2.05, 4.69) is 10.3 Å². The van der Waals surface area contributed by atoms with E-state index in [-0.39, 0.29) is 5.91 Å². The first-order valence-corrected chi connectivity index (χ1v) is 6.10. The van der Waals surface area contributed by atoms with Crippen LogP contribution in [0.4, 0.5) is 0 Å². The quantitative estimate of drug-likeness (QED) is 0.831. The number of amides is 1. The molecule has 0 radical (unpaired) electrons. The normalized spacial score (nSPS) is 10.7. The van der Waals surface area contributed by atoms with Gasteiger partial charge in [0.2, 0.25) is 5.91 Å². The molecule has 0 bridgehead atoms. The summed E-state index contributed by atoms with van der Waals surface area (Å²) in [5.41, 5.74) is 2.67. The van der Waals surface area contributed by atoms with E-state index in [1.165, 1.54) is 0 Å². The van der Waals surface area contributed by atoms with Gasteiger partial charge in [-0.05, 0) is 13.8 Å². The molecule has 0 N–H and O–H groups in total. The zero-order chi connectivity index (χ0) is 14.0. The van der Waals surface area contributed by atoms with Gasteiger partial charge in [0.25, 0.3) is 0 Å². The average molecular weight is 262 g/mol. The summed E-state index contributed by atoms with van der Waals surface area (Å²) in [6.07, 6.45) is 3.98. The van der Waals surface area contributed by atoms with E-state index in [9.17, 15) is 4.79 Å². The highest BCUT2D eigenvalue weighted by Crippen LogP contribution is 2.14. The van der Waals surface area contributed by atoms with Gasteiger partial charge in [0, 0.05) is 38.0 Å². The summed E-state index contributed by atoms with van der Waals surface area (Å²) >= 11 is 0. The van der Waals surface area contributed by atoms with Gasteiger partial charge in [-0.1, -0.05) is 5.16 Å². The van der Waals surface area contributed by atoms with Crippen molar-refractivity contribution >= 4 is 5.91 Å². The molecular formula is C13H18N4O2. The molecule has 0 aliphatic heterocycles. The second-order valence-corrected chi connectivity index (χ2v) is 4.75. The van der Waals surface area contributed by atoms with Gasteiger partial charge in [-0.3, -0.25) is 9.48 Å². The van der Waals surface area contributed by atoms with Crippen LogP contribution in [0.5, 0.6) is 0 Å². The highest BCUT2D eigenvalue weighted by molar-refractivity contribution is 5.78. The third kappa shape index (κ3) is 3.01. The van der Waals surface area contributed by atoms with Gasteiger partial charge < -0.3 is 9.42 Å². The molecule has 2 aromatic rings. The minimum absolute atomic E-state index is 0.0400. The Morgan fingerprint density at radius 2 is 2.21 bits per heavy atom. The van der Waals surface area contributed by atoms with E-state index >= 15 is 0 Å². The third-order valence-corrected chi connectivity index (χ3v) is 3.11. The highest BCUT2D eigenvalue weighted by atomic mass is 16.5. The predicted octanol–water partition coefficient (Wildman–Crippen LogP) is 1.23. The maximum Gasteiger partial charge on any atom is 0.227 e. The zero-order valence-corrected chi connectivity index (χ0v) is 11.7. The number of nitrogens with zero attached hydrogens (tertiary/aromatic N) is 4. The van der Waals surface area contributed by atoms with E-state index < -0.39 is 0 Å². The average Bonchev–Trinajstić information content (AvgIpc) is 2.89. The molecule has 102 valence electrons. The first kappa shape index (κ1) is 13.3. The SMILES string of the molecule is Cc1noc(C)c1CC(=O)N(C)Cc1cnn(C)c1. The summed E-state index contributed by atoms with van der Waals surface area (Å²) in [7, 11) is 3.64. The van der Waals surface area contributed by atoms with Crippen LogP contribution >= 0.6 is 0 Å². The van der Waals surface area contributed by atoms with Gasteiger partial charge in [0.05, 0.1) is 18.3 Å². The van der Waals surface area contributed by atoms with Gasteiger partial charge in [0.15, 0.2) is 0 Å². The Bertz CT molecular complexity index is 566. The molecular weight excluding hydrogens is 244 g/mol. The maximum absolute atomic E-state index is 12.2. The van der Waals surface area contributed by atoms with E-state index in [0.29, 0.717) is 18.7 Å². The van der Waals surface area contributed by atoms with E-state index in [0.717, 1.165) is 16.8 Å². The number of carbonyl (C=O) groups is 1. The molecule has 6 nitrogen and oxygen atoms in total. The fourth-order valence-electron chi connectivity index (χ4n) is 1.96. The lowest BCUT2D eigenvalue weighted by Crippen LogP contribution is -2.27. The van der Waals surface area contributed by atoms with Crippen molar-refractivity contribution in [3.05, 3.63) is 35.0 Å². The minimum Gasteiger partial charge on any atom is -0.361 e. The molecule has 0 aliphatic carbocycles. The molecule has 0 atom stereocenters. The van der Waals surface area contributed by atoms with Crippen LogP contribution in [0.15, 0.2) is 16.9 Å². The van der Waals surface area contributed by atoms with Crippen molar-refractivity contribution < 1.29 is 9.32 Å². The lowest BCUT2D eigenvalue weighted by Gasteiger charge is -2.16. The second kappa shape index (κ2) is 5.26. The van der Waals surface area contributed by atoms with Crippen LogP contribution in [-0.4, -0.2) is 32.8 Å². The Morgan fingerprint density at radius 3 is 2.74 bits per heavy atom. The Kier molecular flexibility index (Phi) is 3.69. The zero-order valence-electron chi connectivity index (χ0n) is 11.7. The van der Waals surface area contributed by atoms with Gasteiger partial charge in [-0.25, -0.2) is 0 Å². The third-order valence-electron chi connectivity index (χ3n) is 3.11. The van der Waals surface area contributed by atoms with Gasteiger partial charge >= 0.3 is 0 Å². The van der Waals surface area contributed by atoms with Crippen LogP contribution in [0.3, 0.4) is 0 Å². The van der Waals surface area contributed by atoms with Gasteiger partial charge in [0.1, 0.15) is 5.76 Å². The summed E-state index contributed by atoms with van der Waals surface area (Å²) < 4.78 is 6.79. The molecule has 2 aromatic heterocycles. The van der Waals surface area contributed by atoms with E-state index in [4.69, 9.17) is 4.52 Å². The maximum atomic E-state index is 12.2. The molecule has 2 heterocycles. The number of aromatic nitrogens is 3. The van der Waals surface area contributed by atoms with Crippen molar-refractivity contribution in [3.63, 3.8) is 0 Å². The number of carbonyl (C=O) groups excluding carboxylic acids is 1. The summed E-state index contributed by atoms with van der Waals surface area (Å²) in [5, 5.41) is 7.94. The van der Waals surface area contributed by atoms with Crippen molar-refractivity contribution in [1.29, 1.82) is 0 Å². The highest BCUT2D eigenvalue weighted by Gasteiger charge is 2.16. The second-order valence-electron chi connectivity index (χ2n) is 4.75. The molecule has 19 heavy (non-hydrogen) atoms. The molecule has 0 saturated carbocycles. The monoisotopic (exact) mass is 262 g/mol. The van der Waals surface area contributed by atoms with Gasteiger partial charge in [-0.15, -0.1) is 0 Å². The molecule has 1 amide bonds. The lowest BCUT2D eigenvalue weighted by molar-refractivity contribution is -0.129. The van der Waals surface area contributed by atoms with Crippen LogP contribution in [0.1, 0.15) is 22.6 Å². The van der Waals surface area contributed by atoms with Crippen LogP contribution in [0.2, 0.25) is 0 Å². The summed E-state index contributed by atoms with van der Waals surface area (Å²) in [5.74, 6) is 0.749. The largest absolute Gasteiger partial charge is 0.361 e. The Balaban J connectivity index is 2.00. The van der Waals surface area contributed by atoms with E-state index in [1.54, 1.807) is 22.8 Å². The molecule has 0 saturated heterocycles. The van der Waals surface area contributed by atoms with E-state index in [1.807, 2.05) is 27.1 Å². The molecule has 0 spiro atoms. The molecule has 0 fully saturated rings. The number of hydrogen-bond acceptors (Lipinski definition) is 4. The summed E-state index contributed by atoms with van der Waals surface area (Å²) in [6.45, 7) is 4.22. The summed E-state index contributed by atoms with van der Waals surface area (Å²) in [4.78, 5) is 13.8. The molecule has 0 aromatic carbocycles. The van der Waals surface area contributed by atoms with Crippen LogP contribution in [0.25, 0.3) is 0 Å². The van der Waals surface area contributed by atoms with Crippen LogP contribution < -0.4 is 0 Å². The van der Waals surface area contributed by atoms with Gasteiger partial charge in [-0.2, -0.15) is 5.10 Å². The Labute approximate surface area is 112 Å². The first-order valence-electron chi connectivity index (χ1n) is 6.10.